The Hall–Kier alpha value is -1.60. The van der Waals surface area contributed by atoms with Gasteiger partial charge < -0.3 is 9.84 Å². The zero-order valence-electron chi connectivity index (χ0n) is 10.1. The minimum absolute atomic E-state index is 0.0365. The molecule has 1 aromatic heterocycles. The minimum atomic E-state index is -2.87. The number of hydrogen-bond donors (Lipinski definition) is 2. The zero-order chi connectivity index (χ0) is 14.9. The molecule has 20 heavy (non-hydrogen) atoms. The lowest BCUT2D eigenvalue weighted by atomic mass is 10.2. The second kappa shape index (κ2) is 5.80. The lowest BCUT2D eigenvalue weighted by molar-refractivity contribution is 0.0921. The van der Waals surface area contributed by atoms with Gasteiger partial charge in [0, 0.05) is 20.7 Å². The van der Waals surface area contributed by atoms with Crippen molar-refractivity contribution in [2.75, 3.05) is 13.7 Å². The van der Waals surface area contributed by atoms with Gasteiger partial charge in [0.25, 0.3) is 0 Å². The molecule has 9 heteroatoms. The van der Waals surface area contributed by atoms with Gasteiger partial charge in [-0.25, -0.2) is 4.39 Å². The Balaban J connectivity index is 2.41. The number of ether oxygens (including phenoxy) is 1. The van der Waals surface area contributed by atoms with E-state index in [1.165, 1.54) is 19.2 Å². The van der Waals surface area contributed by atoms with Gasteiger partial charge in [-0.2, -0.15) is 0 Å². The highest BCUT2D eigenvalue weighted by atomic mass is 32.1. The van der Waals surface area contributed by atoms with Crippen LogP contribution in [0.15, 0.2) is 12.1 Å². The summed E-state index contributed by atoms with van der Waals surface area (Å²) in [5.74, 6) is -2.11. The number of methoxy groups -OCH3 is 1. The summed E-state index contributed by atoms with van der Waals surface area (Å²) in [6.45, 7) is -0.580. The fraction of sp³-hybridized carbons (Fsp3) is 0.182. The number of ketones is 1. The summed E-state index contributed by atoms with van der Waals surface area (Å²) in [5.41, 5.74) is 0. The zero-order valence-corrected chi connectivity index (χ0v) is 11.8. The molecule has 0 fully saturated rings. The number of hydrogen-bond acceptors (Lipinski definition) is 6. The van der Waals surface area contributed by atoms with Crippen LogP contribution in [-0.2, 0) is 9.09 Å². The molecule has 2 rings (SSSR count). The van der Waals surface area contributed by atoms with Crippen molar-refractivity contribution in [1.29, 1.82) is 0 Å². The van der Waals surface area contributed by atoms with Crippen LogP contribution in [0.5, 0.6) is 11.5 Å². The number of fused-ring (bicyclic) bond motifs is 1. The molecular formula is C11H9FO6PS+. The molecule has 6 nitrogen and oxygen atoms in total. The largest absolute Gasteiger partial charge is 0.695 e. The first-order valence-corrected chi connectivity index (χ1v) is 7.20. The molecule has 0 aliphatic rings. The average molecular weight is 319 g/mol. The highest BCUT2D eigenvalue weighted by molar-refractivity contribution is 7.32. The number of halogens is 1. The predicted octanol–water partition coefficient (Wildman–Crippen LogP) is 2.60. The third-order valence-corrected chi connectivity index (χ3v) is 3.97. The number of thiophene rings is 1. The van der Waals surface area contributed by atoms with Gasteiger partial charge in [-0.3, -0.25) is 4.79 Å². The molecule has 0 saturated heterocycles. The molecule has 0 radical (unpaired) electrons. The monoisotopic (exact) mass is 319 g/mol. The summed E-state index contributed by atoms with van der Waals surface area (Å²) in [5, 5.41) is 9.62. The topological polar surface area (TPSA) is 93.1 Å². The van der Waals surface area contributed by atoms with Crippen molar-refractivity contribution >= 4 is 35.5 Å². The van der Waals surface area contributed by atoms with Gasteiger partial charge in [-0.1, -0.05) is 0 Å². The van der Waals surface area contributed by atoms with Crippen molar-refractivity contribution in [1.82, 2.24) is 0 Å². The maximum absolute atomic E-state index is 13.9. The van der Waals surface area contributed by atoms with Gasteiger partial charge in [-0.05, 0) is 6.07 Å². The summed E-state index contributed by atoms with van der Waals surface area (Å²) in [7, 11) is -1.58. The Morgan fingerprint density at radius 2 is 2.20 bits per heavy atom. The first-order valence-electron chi connectivity index (χ1n) is 5.25. The first kappa shape index (κ1) is 14.8. The van der Waals surface area contributed by atoms with E-state index in [4.69, 9.17) is 9.63 Å². The molecule has 0 saturated carbocycles. The first-order chi connectivity index (χ1) is 9.43. The van der Waals surface area contributed by atoms with E-state index >= 15 is 0 Å². The number of phenolic OH excluding ortho intramolecular Hbond substituents is 1. The van der Waals surface area contributed by atoms with Crippen molar-refractivity contribution in [2.24, 2.45) is 0 Å². The van der Waals surface area contributed by atoms with Crippen LogP contribution in [-0.4, -0.2) is 29.5 Å². The van der Waals surface area contributed by atoms with Crippen molar-refractivity contribution in [2.45, 2.75) is 0 Å². The molecule has 0 bridgehead atoms. The summed E-state index contributed by atoms with van der Waals surface area (Å²) in [6, 6.07) is 2.66. The Morgan fingerprint density at radius 3 is 2.80 bits per heavy atom. The molecule has 106 valence electrons. The molecule has 1 heterocycles. The summed E-state index contributed by atoms with van der Waals surface area (Å²) < 4.78 is 33.8. The quantitative estimate of drug-likeness (QED) is 0.650. The normalized spacial score (nSPS) is 11.7. The van der Waals surface area contributed by atoms with Crippen molar-refractivity contribution in [3.05, 3.63) is 22.8 Å². The Kier molecular flexibility index (Phi) is 4.29. The highest BCUT2D eigenvalue weighted by Crippen LogP contribution is 2.39. The van der Waals surface area contributed by atoms with Crippen molar-refractivity contribution in [3.63, 3.8) is 0 Å². The van der Waals surface area contributed by atoms with Gasteiger partial charge in [0.1, 0.15) is 0 Å². The van der Waals surface area contributed by atoms with Crippen LogP contribution in [0.2, 0.25) is 0 Å². The van der Waals surface area contributed by atoms with Crippen molar-refractivity contribution in [3.8, 4) is 11.5 Å². The van der Waals surface area contributed by atoms with E-state index in [2.05, 4.69) is 4.52 Å². The van der Waals surface area contributed by atoms with Crippen LogP contribution >= 0.6 is 19.6 Å². The Morgan fingerprint density at radius 1 is 1.50 bits per heavy atom. The summed E-state index contributed by atoms with van der Waals surface area (Å²) >= 11 is 0.972. The van der Waals surface area contributed by atoms with Crippen LogP contribution in [0.3, 0.4) is 0 Å². The van der Waals surface area contributed by atoms with Gasteiger partial charge in [0.15, 0.2) is 23.9 Å². The molecular weight excluding hydrogens is 310 g/mol. The maximum atomic E-state index is 13.9. The van der Waals surface area contributed by atoms with Crippen LogP contribution in [0.4, 0.5) is 4.39 Å². The van der Waals surface area contributed by atoms with E-state index in [0.717, 1.165) is 11.3 Å². The lowest BCUT2D eigenvalue weighted by Crippen LogP contribution is -2.03. The van der Waals surface area contributed by atoms with Gasteiger partial charge in [0.2, 0.25) is 5.78 Å². The van der Waals surface area contributed by atoms with E-state index < -0.39 is 32.2 Å². The summed E-state index contributed by atoms with van der Waals surface area (Å²) in [4.78, 5) is 20.3. The molecule has 0 spiro atoms. The highest BCUT2D eigenvalue weighted by Gasteiger charge is 2.21. The molecule has 1 aromatic carbocycles. The van der Waals surface area contributed by atoms with Gasteiger partial charge in [0.05, 0.1) is 12.0 Å². The predicted molar refractivity (Wildman–Crippen MR) is 70.1 cm³/mol. The lowest BCUT2D eigenvalue weighted by Gasteiger charge is -2.04. The summed E-state index contributed by atoms with van der Waals surface area (Å²) in [6.07, 6.45) is 0. The van der Waals surface area contributed by atoms with E-state index in [1.807, 2.05) is 0 Å². The van der Waals surface area contributed by atoms with E-state index in [0.29, 0.717) is 4.70 Å². The number of Topliss-reactive ketones (excluding diaryl/α,β-unsaturated/α-hetero) is 1. The van der Waals surface area contributed by atoms with Crippen LogP contribution in [0.25, 0.3) is 10.1 Å². The molecule has 1 unspecified atom stereocenters. The van der Waals surface area contributed by atoms with Crippen LogP contribution < -0.4 is 4.74 Å². The second-order valence-corrected chi connectivity index (χ2v) is 5.52. The van der Waals surface area contributed by atoms with Crippen molar-refractivity contribution < 1.29 is 33.0 Å². The van der Waals surface area contributed by atoms with E-state index in [-0.39, 0.29) is 16.0 Å². The average Bonchev–Trinajstić information content (AvgIpc) is 2.84. The SMILES string of the molecule is COc1cc2sc(C(=O)CO[P+](=O)O)cc2c(F)c1O. The smallest absolute Gasteiger partial charge is 0.502 e. The molecule has 2 N–H and O–H groups in total. The minimum Gasteiger partial charge on any atom is -0.502 e. The number of phenols is 1. The van der Waals surface area contributed by atoms with Crippen LogP contribution in [0.1, 0.15) is 9.67 Å². The third kappa shape index (κ3) is 2.78. The van der Waals surface area contributed by atoms with Gasteiger partial charge in [-0.15, -0.1) is 20.8 Å². The van der Waals surface area contributed by atoms with Gasteiger partial charge >= 0.3 is 8.25 Å². The molecule has 1 atom stereocenters. The maximum Gasteiger partial charge on any atom is 0.695 e. The Labute approximate surface area is 117 Å². The number of carbonyl (C=O) groups is 1. The Bertz CT molecular complexity index is 698. The second-order valence-electron chi connectivity index (χ2n) is 3.70. The number of aromatic hydroxyl groups is 1. The van der Waals surface area contributed by atoms with E-state index in [9.17, 15) is 18.9 Å². The molecule has 0 amide bonds. The molecule has 0 aliphatic heterocycles. The number of rotatable bonds is 5. The fourth-order valence-electron chi connectivity index (χ4n) is 1.59. The standard InChI is InChI=1S/C11H8FO6PS/c1-17-7-3-8-5(10(12)11(7)14)2-9(20-8)6(13)4-18-19(15)16/h2-3H,4H2,1H3,(H-,14,15,16)/p+1. The molecule has 0 aliphatic carbocycles. The van der Waals surface area contributed by atoms with Crippen LogP contribution in [0, 0.1) is 5.82 Å². The number of carbonyl (C=O) groups excluding carboxylic acids is 1. The molecule has 2 aromatic rings. The van der Waals surface area contributed by atoms with E-state index in [1.54, 1.807) is 0 Å². The fourth-order valence-corrected chi connectivity index (χ4v) is 2.82. The third-order valence-electron chi connectivity index (χ3n) is 2.50. The number of benzene rings is 1.